The molecule has 7 nitrogen and oxygen atoms in total. The molecule has 2 aliphatic rings. The predicted octanol–water partition coefficient (Wildman–Crippen LogP) is 4.11. The maximum Gasteiger partial charge on any atom is 0.270 e. The lowest BCUT2D eigenvalue weighted by atomic mass is 10.0. The number of hydrogen-bond acceptors (Lipinski definition) is 7. The van der Waals surface area contributed by atoms with Gasteiger partial charge in [-0.1, -0.05) is 54.3 Å². The van der Waals surface area contributed by atoms with E-state index < -0.39 is 0 Å². The highest BCUT2D eigenvalue weighted by Gasteiger charge is 2.34. The molecule has 0 spiro atoms. The Labute approximate surface area is 221 Å². The summed E-state index contributed by atoms with van der Waals surface area (Å²) >= 11 is 6.82. The number of thiocarbonyl (C=S) groups is 1. The van der Waals surface area contributed by atoms with Crippen molar-refractivity contribution in [3.05, 3.63) is 67.8 Å². The molecule has 3 heterocycles. The fourth-order valence-electron chi connectivity index (χ4n) is 4.84. The molecule has 0 bridgehead atoms. The number of hydrogen-bond donors (Lipinski definition) is 0. The number of nitrogens with zero attached hydrogens (tertiary/aromatic N) is 4. The van der Waals surface area contributed by atoms with Crippen molar-refractivity contribution >= 4 is 46.1 Å². The van der Waals surface area contributed by atoms with E-state index in [1.54, 1.807) is 16.4 Å². The van der Waals surface area contributed by atoms with Crippen molar-refractivity contribution < 1.29 is 9.53 Å². The van der Waals surface area contributed by atoms with Crippen molar-refractivity contribution in [1.82, 2.24) is 9.47 Å². The number of nitriles is 1. The SMILES string of the molecule is CCn1c(N2CC(C)OC(C)C2)c(C=C2SC(=S)N(CCc3ccccc3)C2=O)c(C)c(C#N)c1=O. The summed E-state index contributed by atoms with van der Waals surface area (Å²) in [7, 11) is 0. The van der Waals surface area contributed by atoms with E-state index in [0.717, 1.165) is 11.4 Å². The maximum absolute atomic E-state index is 13.4. The zero-order valence-corrected chi connectivity index (χ0v) is 22.6. The largest absolute Gasteiger partial charge is 0.372 e. The first-order chi connectivity index (χ1) is 17.2. The van der Waals surface area contributed by atoms with E-state index in [4.69, 9.17) is 17.0 Å². The van der Waals surface area contributed by atoms with E-state index in [2.05, 4.69) is 11.0 Å². The van der Waals surface area contributed by atoms with Crippen LogP contribution in [0.2, 0.25) is 0 Å². The number of thioether (sulfide) groups is 1. The first-order valence-corrected chi connectivity index (χ1v) is 13.3. The molecule has 1 amide bonds. The number of anilines is 1. The molecule has 1 aromatic carbocycles. The quantitative estimate of drug-likeness (QED) is 0.417. The Morgan fingerprint density at radius 2 is 1.86 bits per heavy atom. The third-order valence-electron chi connectivity index (χ3n) is 6.50. The van der Waals surface area contributed by atoms with Gasteiger partial charge in [0.05, 0.1) is 17.1 Å². The van der Waals surface area contributed by atoms with Crippen LogP contribution in [-0.4, -0.2) is 51.5 Å². The lowest BCUT2D eigenvalue weighted by molar-refractivity contribution is -0.122. The molecule has 2 saturated heterocycles. The number of ether oxygens (including phenoxy) is 1. The van der Waals surface area contributed by atoms with Crippen molar-refractivity contribution in [2.75, 3.05) is 24.5 Å². The first-order valence-electron chi connectivity index (χ1n) is 12.1. The Kier molecular flexibility index (Phi) is 7.98. The first kappa shape index (κ1) is 26.1. The number of morpholine rings is 1. The van der Waals surface area contributed by atoms with Crippen molar-refractivity contribution in [1.29, 1.82) is 5.26 Å². The molecule has 188 valence electrons. The molecule has 0 N–H and O–H groups in total. The van der Waals surface area contributed by atoms with Crippen LogP contribution < -0.4 is 10.5 Å². The highest BCUT2D eigenvalue weighted by molar-refractivity contribution is 8.26. The van der Waals surface area contributed by atoms with Gasteiger partial charge in [-0.3, -0.25) is 19.1 Å². The third kappa shape index (κ3) is 5.12. The van der Waals surface area contributed by atoms with E-state index in [1.165, 1.54) is 11.8 Å². The van der Waals surface area contributed by atoms with E-state index in [9.17, 15) is 14.9 Å². The lowest BCUT2D eigenvalue weighted by Crippen LogP contribution is -2.48. The molecule has 2 fully saturated rings. The lowest BCUT2D eigenvalue weighted by Gasteiger charge is -2.39. The summed E-state index contributed by atoms with van der Waals surface area (Å²) in [6.07, 6.45) is 2.47. The van der Waals surface area contributed by atoms with E-state index in [1.807, 2.05) is 57.2 Å². The van der Waals surface area contributed by atoms with Gasteiger partial charge < -0.3 is 9.64 Å². The van der Waals surface area contributed by atoms with Crippen molar-refractivity contribution in [2.24, 2.45) is 0 Å². The predicted molar refractivity (Wildman–Crippen MR) is 148 cm³/mol. The van der Waals surface area contributed by atoms with E-state index >= 15 is 0 Å². The van der Waals surface area contributed by atoms with Gasteiger partial charge in [0.25, 0.3) is 11.5 Å². The van der Waals surface area contributed by atoms with Crippen molar-refractivity contribution in [3.8, 4) is 6.07 Å². The van der Waals surface area contributed by atoms with Crippen LogP contribution >= 0.6 is 24.0 Å². The summed E-state index contributed by atoms with van der Waals surface area (Å²) in [6, 6.07) is 12.1. The highest BCUT2D eigenvalue weighted by Crippen LogP contribution is 2.36. The van der Waals surface area contributed by atoms with Crippen LogP contribution in [0.25, 0.3) is 6.08 Å². The van der Waals surface area contributed by atoms with Gasteiger partial charge in [0.1, 0.15) is 21.8 Å². The highest BCUT2D eigenvalue weighted by atomic mass is 32.2. The van der Waals surface area contributed by atoms with Crippen molar-refractivity contribution in [2.45, 2.75) is 52.9 Å². The molecule has 0 aliphatic carbocycles. The number of aromatic nitrogens is 1. The summed E-state index contributed by atoms with van der Waals surface area (Å²) in [4.78, 5) is 30.9. The Balaban J connectivity index is 1.76. The number of rotatable bonds is 6. The van der Waals surface area contributed by atoms with Gasteiger partial charge in [-0.05, 0) is 51.3 Å². The maximum atomic E-state index is 13.4. The normalized spacial score (nSPS) is 21.4. The number of amides is 1. The van der Waals surface area contributed by atoms with Gasteiger partial charge in [-0.2, -0.15) is 5.26 Å². The Hall–Kier alpha value is -2.93. The van der Waals surface area contributed by atoms with Crippen LogP contribution in [0, 0.1) is 18.3 Å². The average molecular weight is 523 g/mol. The average Bonchev–Trinajstić information content (AvgIpc) is 3.11. The summed E-state index contributed by atoms with van der Waals surface area (Å²) in [5, 5.41) is 9.79. The summed E-state index contributed by atoms with van der Waals surface area (Å²) in [6.45, 7) is 9.79. The smallest absolute Gasteiger partial charge is 0.270 e. The second-order valence-electron chi connectivity index (χ2n) is 9.13. The van der Waals surface area contributed by atoms with Gasteiger partial charge >= 0.3 is 0 Å². The van der Waals surface area contributed by atoms with Crippen LogP contribution in [-0.2, 0) is 22.5 Å². The number of carbonyl (C=O) groups excluding carboxylic acids is 1. The fourth-order valence-corrected chi connectivity index (χ4v) is 6.13. The summed E-state index contributed by atoms with van der Waals surface area (Å²) < 4.78 is 8.07. The van der Waals surface area contributed by atoms with Gasteiger partial charge in [0, 0.05) is 31.7 Å². The molecule has 0 saturated carbocycles. The molecule has 36 heavy (non-hydrogen) atoms. The minimum absolute atomic E-state index is 0.0193. The molecule has 4 rings (SSSR count). The third-order valence-corrected chi connectivity index (χ3v) is 7.88. The van der Waals surface area contributed by atoms with E-state index in [-0.39, 0.29) is 29.2 Å². The zero-order chi connectivity index (χ0) is 26.0. The topological polar surface area (TPSA) is 78.6 Å². The standard InChI is InChI=1S/C27H30N4O3S2/c1-5-30-24(29-15-17(2)34-18(3)16-29)21(19(4)22(14-28)25(30)32)13-23-26(33)31(27(35)36-23)12-11-20-9-7-6-8-10-20/h6-10,13,17-18H,5,11-12,15-16H2,1-4H3. The molecule has 2 unspecified atom stereocenters. The molecule has 2 aliphatic heterocycles. The van der Waals surface area contributed by atoms with Gasteiger partial charge in [-0.15, -0.1) is 0 Å². The molecule has 9 heteroatoms. The van der Waals surface area contributed by atoms with Crippen LogP contribution in [0.1, 0.15) is 43.0 Å². The molecule has 2 atom stereocenters. The molecular formula is C27H30N4O3S2. The molecular weight excluding hydrogens is 492 g/mol. The Morgan fingerprint density at radius 1 is 1.19 bits per heavy atom. The van der Waals surface area contributed by atoms with Crippen LogP contribution in [0.4, 0.5) is 5.82 Å². The molecule has 0 radical (unpaired) electrons. The van der Waals surface area contributed by atoms with E-state index in [0.29, 0.717) is 53.0 Å². The Bertz CT molecular complexity index is 1300. The van der Waals surface area contributed by atoms with Gasteiger partial charge in [-0.25, -0.2) is 0 Å². The number of pyridine rings is 1. The molecule has 2 aromatic rings. The molecule has 1 aromatic heterocycles. The number of carbonyl (C=O) groups is 1. The fraction of sp³-hybridized carbons (Fsp3) is 0.407. The monoisotopic (exact) mass is 522 g/mol. The van der Waals surface area contributed by atoms with Gasteiger partial charge in [0.15, 0.2) is 0 Å². The van der Waals surface area contributed by atoms with Gasteiger partial charge in [0.2, 0.25) is 0 Å². The minimum Gasteiger partial charge on any atom is -0.372 e. The van der Waals surface area contributed by atoms with Crippen LogP contribution in [0.5, 0.6) is 0 Å². The second-order valence-corrected chi connectivity index (χ2v) is 10.8. The Morgan fingerprint density at radius 3 is 2.47 bits per heavy atom. The number of benzene rings is 1. The minimum atomic E-state index is -0.313. The van der Waals surface area contributed by atoms with Crippen molar-refractivity contribution in [3.63, 3.8) is 0 Å². The van der Waals surface area contributed by atoms with Crippen LogP contribution in [0.15, 0.2) is 40.0 Å². The summed E-state index contributed by atoms with van der Waals surface area (Å²) in [5.41, 5.74) is 2.20. The second kappa shape index (κ2) is 11.0. The zero-order valence-electron chi connectivity index (χ0n) is 21.0. The summed E-state index contributed by atoms with van der Waals surface area (Å²) in [5.74, 6) is 0.568. The van der Waals surface area contributed by atoms with Crippen LogP contribution in [0.3, 0.4) is 0 Å².